The summed E-state index contributed by atoms with van der Waals surface area (Å²) in [5.41, 5.74) is -0.403. The molecule has 0 aromatic carbocycles. The fourth-order valence-corrected chi connectivity index (χ4v) is 1.69. The van der Waals surface area contributed by atoms with E-state index < -0.39 is 5.60 Å². The molecule has 0 bridgehead atoms. The quantitative estimate of drug-likeness (QED) is 0.721. The number of piperazine rings is 1. The molecule has 15 heavy (non-hydrogen) atoms. The Kier molecular flexibility index (Phi) is 3.97. The minimum Gasteiger partial charge on any atom is -0.444 e. The van der Waals surface area contributed by atoms with E-state index in [1.165, 1.54) is 0 Å². The van der Waals surface area contributed by atoms with Gasteiger partial charge in [-0.3, -0.25) is 0 Å². The van der Waals surface area contributed by atoms with Crippen LogP contribution in [-0.4, -0.2) is 42.3 Å². The number of amides is 1. The zero-order valence-electron chi connectivity index (χ0n) is 10.2. The van der Waals surface area contributed by atoms with Crippen molar-refractivity contribution in [3.05, 3.63) is 0 Å². The highest BCUT2D eigenvalue weighted by atomic mass is 16.6. The molecule has 88 valence electrons. The van der Waals surface area contributed by atoms with Crippen molar-refractivity contribution in [1.29, 1.82) is 0 Å². The molecule has 0 aromatic heterocycles. The molecule has 1 amide bonds. The predicted molar refractivity (Wildman–Crippen MR) is 59.9 cm³/mol. The van der Waals surface area contributed by atoms with Crippen LogP contribution in [0.15, 0.2) is 0 Å². The van der Waals surface area contributed by atoms with E-state index in [0.29, 0.717) is 0 Å². The van der Waals surface area contributed by atoms with Crippen LogP contribution in [-0.2, 0) is 4.74 Å². The molecule has 1 aliphatic rings. The van der Waals surface area contributed by atoms with Crippen LogP contribution in [0.3, 0.4) is 0 Å². The number of hydrogen-bond donors (Lipinski definition) is 1. The van der Waals surface area contributed by atoms with Crippen LogP contribution in [0, 0.1) is 0 Å². The molecule has 1 N–H and O–H groups in total. The molecule has 1 saturated heterocycles. The molecule has 1 rings (SSSR count). The van der Waals surface area contributed by atoms with Gasteiger partial charge in [-0.05, 0) is 27.2 Å². The van der Waals surface area contributed by atoms with E-state index in [1.54, 1.807) is 0 Å². The Morgan fingerprint density at radius 3 is 2.73 bits per heavy atom. The van der Waals surface area contributed by atoms with Crippen molar-refractivity contribution in [3.63, 3.8) is 0 Å². The summed E-state index contributed by atoms with van der Waals surface area (Å²) in [6.07, 6.45) is 0.780. The standard InChI is InChI=1S/C11H22N2O2/c1-5-9-8-12-6-7-13(9)10(14)15-11(2,3)4/h9,12H,5-8H2,1-4H3/t9-/m0/s1. The van der Waals surface area contributed by atoms with Crippen LogP contribution in [0.2, 0.25) is 0 Å². The first-order valence-electron chi connectivity index (χ1n) is 5.64. The maximum absolute atomic E-state index is 11.9. The average Bonchev–Trinajstić information content (AvgIpc) is 2.15. The summed E-state index contributed by atoms with van der Waals surface area (Å²) in [4.78, 5) is 13.7. The summed E-state index contributed by atoms with van der Waals surface area (Å²) in [6, 6.07) is 0.272. The molecule has 4 nitrogen and oxygen atoms in total. The number of carbonyl (C=O) groups excluding carboxylic acids is 1. The molecular weight excluding hydrogens is 192 g/mol. The van der Waals surface area contributed by atoms with Gasteiger partial charge in [0, 0.05) is 25.7 Å². The highest BCUT2D eigenvalue weighted by Crippen LogP contribution is 2.14. The van der Waals surface area contributed by atoms with Crippen LogP contribution in [0.4, 0.5) is 4.79 Å². The third kappa shape index (κ3) is 3.70. The van der Waals surface area contributed by atoms with E-state index in [9.17, 15) is 4.79 Å². The molecule has 4 heteroatoms. The van der Waals surface area contributed by atoms with Gasteiger partial charge in [0.15, 0.2) is 0 Å². The molecule has 0 aliphatic carbocycles. The van der Waals surface area contributed by atoms with E-state index in [1.807, 2.05) is 25.7 Å². The van der Waals surface area contributed by atoms with Crippen molar-refractivity contribution in [2.24, 2.45) is 0 Å². The van der Waals surface area contributed by atoms with E-state index >= 15 is 0 Å². The Morgan fingerprint density at radius 1 is 1.53 bits per heavy atom. The van der Waals surface area contributed by atoms with Gasteiger partial charge in [0.25, 0.3) is 0 Å². The molecule has 1 heterocycles. The Balaban J connectivity index is 2.56. The lowest BCUT2D eigenvalue weighted by atomic mass is 10.1. The van der Waals surface area contributed by atoms with Crippen molar-refractivity contribution >= 4 is 6.09 Å². The number of hydrogen-bond acceptors (Lipinski definition) is 3. The molecule has 1 fully saturated rings. The van der Waals surface area contributed by atoms with E-state index in [-0.39, 0.29) is 12.1 Å². The zero-order valence-corrected chi connectivity index (χ0v) is 10.2. The number of rotatable bonds is 1. The van der Waals surface area contributed by atoms with Gasteiger partial charge in [0.05, 0.1) is 0 Å². The largest absolute Gasteiger partial charge is 0.444 e. The fourth-order valence-electron chi connectivity index (χ4n) is 1.69. The van der Waals surface area contributed by atoms with Gasteiger partial charge in [0.1, 0.15) is 5.60 Å². The molecule has 1 atom stereocenters. The van der Waals surface area contributed by atoms with Gasteiger partial charge < -0.3 is 15.0 Å². The molecule has 0 spiro atoms. The second-order valence-corrected chi connectivity index (χ2v) is 4.94. The Morgan fingerprint density at radius 2 is 2.20 bits per heavy atom. The summed E-state index contributed by atoms with van der Waals surface area (Å²) in [6.45, 7) is 10.3. The number of nitrogens with zero attached hydrogens (tertiary/aromatic N) is 1. The first kappa shape index (κ1) is 12.3. The van der Waals surface area contributed by atoms with Crippen LogP contribution in [0.1, 0.15) is 34.1 Å². The minimum absolute atomic E-state index is 0.184. The van der Waals surface area contributed by atoms with Crippen molar-refractivity contribution in [1.82, 2.24) is 10.2 Å². The number of ether oxygens (including phenoxy) is 1. The number of carbonyl (C=O) groups is 1. The maximum Gasteiger partial charge on any atom is 0.410 e. The SMILES string of the molecule is CC[C@H]1CNCCN1C(=O)OC(C)(C)C. The van der Waals surface area contributed by atoms with Crippen molar-refractivity contribution < 1.29 is 9.53 Å². The van der Waals surface area contributed by atoms with Crippen molar-refractivity contribution in [2.45, 2.75) is 45.8 Å². The molecular formula is C11H22N2O2. The lowest BCUT2D eigenvalue weighted by Crippen LogP contribution is -2.54. The van der Waals surface area contributed by atoms with Gasteiger partial charge in [-0.15, -0.1) is 0 Å². The summed E-state index contributed by atoms with van der Waals surface area (Å²) in [5.74, 6) is 0. The molecule has 0 saturated carbocycles. The predicted octanol–water partition coefficient (Wildman–Crippen LogP) is 1.61. The minimum atomic E-state index is -0.403. The summed E-state index contributed by atoms with van der Waals surface area (Å²) in [7, 11) is 0. The molecule has 1 aliphatic heterocycles. The second-order valence-electron chi connectivity index (χ2n) is 4.94. The van der Waals surface area contributed by atoms with Gasteiger partial charge in [-0.25, -0.2) is 4.79 Å². The number of nitrogens with one attached hydrogen (secondary N) is 1. The summed E-state index contributed by atoms with van der Waals surface area (Å²) < 4.78 is 5.37. The van der Waals surface area contributed by atoms with Gasteiger partial charge in [-0.2, -0.15) is 0 Å². The Bertz CT molecular complexity index is 223. The first-order valence-corrected chi connectivity index (χ1v) is 5.64. The average molecular weight is 214 g/mol. The normalized spacial score (nSPS) is 22.7. The third-order valence-electron chi connectivity index (χ3n) is 2.45. The van der Waals surface area contributed by atoms with Crippen LogP contribution >= 0.6 is 0 Å². The van der Waals surface area contributed by atoms with E-state index in [4.69, 9.17) is 4.74 Å². The highest BCUT2D eigenvalue weighted by Gasteiger charge is 2.28. The smallest absolute Gasteiger partial charge is 0.410 e. The van der Waals surface area contributed by atoms with Crippen LogP contribution in [0.5, 0.6) is 0 Å². The third-order valence-corrected chi connectivity index (χ3v) is 2.45. The van der Waals surface area contributed by atoms with E-state index in [2.05, 4.69) is 12.2 Å². The molecule has 0 radical (unpaired) electrons. The molecule has 0 aromatic rings. The maximum atomic E-state index is 11.9. The summed E-state index contributed by atoms with van der Waals surface area (Å²) in [5, 5.41) is 3.28. The highest BCUT2D eigenvalue weighted by molar-refractivity contribution is 5.68. The second kappa shape index (κ2) is 4.84. The van der Waals surface area contributed by atoms with Gasteiger partial charge >= 0.3 is 6.09 Å². The van der Waals surface area contributed by atoms with Gasteiger partial charge in [0.2, 0.25) is 0 Å². The van der Waals surface area contributed by atoms with Gasteiger partial charge in [-0.1, -0.05) is 6.92 Å². The van der Waals surface area contributed by atoms with Crippen molar-refractivity contribution in [3.8, 4) is 0 Å². The monoisotopic (exact) mass is 214 g/mol. The van der Waals surface area contributed by atoms with Crippen LogP contribution < -0.4 is 5.32 Å². The molecule has 0 unspecified atom stereocenters. The Hall–Kier alpha value is -0.770. The zero-order chi connectivity index (χ0) is 11.5. The van der Waals surface area contributed by atoms with Crippen molar-refractivity contribution in [2.75, 3.05) is 19.6 Å². The topological polar surface area (TPSA) is 41.6 Å². The first-order chi connectivity index (χ1) is 6.94. The van der Waals surface area contributed by atoms with Crippen LogP contribution in [0.25, 0.3) is 0 Å². The van der Waals surface area contributed by atoms with E-state index in [0.717, 1.165) is 26.1 Å². The summed E-state index contributed by atoms with van der Waals surface area (Å²) >= 11 is 0. The Labute approximate surface area is 92.0 Å². The lowest BCUT2D eigenvalue weighted by Gasteiger charge is -2.36. The lowest BCUT2D eigenvalue weighted by molar-refractivity contribution is 0.0117. The fraction of sp³-hybridized carbons (Fsp3) is 0.909.